The molecule has 2 atom stereocenters. The summed E-state index contributed by atoms with van der Waals surface area (Å²) >= 11 is 0. The van der Waals surface area contributed by atoms with E-state index in [9.17, 15) is 22.8 Å². The Labute approximate surface area is 107 Å². The van der Waals surface area contributed by atoms with Gasteiger partial charge in [0, 0.05) is 6.54 Å². The van der Waals surface area contributed by atoms with Crippen molar-refractivity contribution in [1.82, 2.24) is 10.6 Å². The van der Waals surface area contributed by atoms with E-state index in [0.29, 0.717) is 12.8 Å². The number of aliphatic carboxylic acids is 1. The molecule has 1 amide bonds. The average Bonchev–Trinajstić information content (AvgIpc) is 2.73. The van der Waals surface area contributed by atoms with Gasteiger partial charge in [0.2, 0.25) is 5.91 Å². The molecule has 0 saturated carbocycles. The van der Waals surface area contributed by atoms with Crippen molar-refractivity contribution in [1.29, 1.82) is 0 Å². The second kappa shape index (κ2) is 6.71. The average molecular weight is 284 g/mol. The maximum absolute atomic E-state index is 11.8. The molecular formula is C10H15F3N2O4. The lowest BCUT2D eigenvalue weighted by Crippen LogP contribution is -2.41. The van der Waals surface area contributed by atoms with Crippen LogP contribution in [0.15, 0.2) is 0 Å². The molecule has 3 N–H and O–H groups in total. The molecule has 0 radical (unpaired) electrons. The number of ether oxygens (including phenoxy) is 1. The maximum atomic E-state index is 11.8. The first-order valence-electron chi connectivity index (χ1n) is 5.70. The summed E-state index contributed by atoms with van der Waals surface area (Å²) < 4.78 is 40.5. The van der Waals surface area contributed by atoms with Crippen LogP contribution in [0.1, 0.15) is 12.8 Å². The fourth-order valence-electron chi connectivity index (χ4n) is 1.65. The van der Waals surface area contributed by atoms with Gasteiger partial charge in [-0.25, -0.2) is 4.79 Å². The lowest BCUT2D eigenvalue weighted by molar-refractivity contribution is -0.149. The van der Waals surface area contributed by atoms with Crippen LogP contribution in [-0.4, -0.2) is 55.0 Å². The summed E-state index contributed by atoms with van der Waals surface area (Å²) in [5.74, 6) is -1.65. The Balaban J connectivity index is 2.12. The van der Waals surface area contributed by atoms with Crippen LogP contribution < -0.4 is 10.6 Å². The number of amides is 1. The van der Waals surface area contributed by atoms with E-state index < -0.39 is 43.4 Å². The van der Waals surface area contributed by atoms with Crippen LogP contribution in [0.4, 0.5) is 13.2 Å². The molecule has 2 unspecified atom stereocenters. The standard InChI is InChI=1S/C10H15F3N2O4/c11-10(12,13)5-14-4-8(16)15-3-6-1-2-7(19-6)9(17)18/h6-7,14H,1-5H2,(H,15,16)(H,17,18). The van der Waals surface area contributed by atoms with Crippen LogP contribution in [0, 0.1) is 0 Å². The lowest BCUT2D eigenvalue weighted by atomic mass is 10.2. The predicted molar refractivity (Wildman–Crippen MR) is 57.5 cm³/mol. The first-order valence-corrected chi connectivity index (χ1v) is 5.70. The fourth-order valence-corrected chi connectivity index (χ4v) is 1.65. The fraction of sp³-hybridized carbons (Fsp3) is 0.800. The SMILES string of the molecule is O=C(CNCC(F)(F)F)NCC1CCC(C(=O)O)O1. The summed E-state index contributed by atoms with van der Waals surface area (Å²) in [6.07, 6.45) is -4.78. The third kappa shape index (κ3) is 6.39. The van der Waals surface area contributed by atoms with Crippen molar-refractivity contribution in [3.63, 3.8) is 0 Å². The molecule has 1 aliphatic rings. The zero-order chi connectivity index (χ0) is 14.5. The number of alkyl halides is 3. The van der Waals surface area contributed by atoms with Crippen molar-refractivity contribution in [2.75, 3.05) is 19.6 Å². The predicted octanol–water partition coefficient (Wildman–Crippen LogP) is -0.113. The number of carbonyl (C=O) groups is 2. The molecular weight excluding hydrogens is 269 g/mol. The van der Waals surface area contributed by atoms with Crippen LogP contribution in [-0.2, 0) is 14.3 Å². The van der Waals surface area contributed by atoms with Crippen LogP contribution in [0.25, 0.3) is 0 Å². The Morgan fingerprint density at radius 1 is 1.32 bits per heavy atom. The molecule has 9 heteroatoms. The van der Waals surface area contributed by atoms with E-state index in [1.54, 1.807) is 0 Å². The zero-order valence-corrected chi connectivity index (χ0v) is 10.00. The van der Waals surface area contributed by atoms with Crippen molar-refractivity contribution in [2.45, 2.75) is 31.2 Å². The highest BCUT2D eigenvalue weighted by atomic mass is 19.4. The quantitative estimate of drug-likeness (QED) is 0.633. The van der Waals surface area contributed by atoms with Crippen molar-refractivity contribution in [3.8, 4) is 0 Å². The van der Waals surface area contributed by atoms with E-state index in [2.05, 4.69) is 5.32 Å². The third-order valence-corrected chi connectivity index (χ3v) is 2.52. The zero-order valence-electron chi connectivity index (χ0n) is 10.00. The van der Waals surface area contributed by atoms with Gasteiger partial charge < -0.3 is 20.5 Å². The number of carboxylic acid groups (broad SMARTS) is 1. The highest BCUT2D eigenvalue weighted by Crippen LogP contribution is 2.19. The second-order valence-electron chi connectivity index (χ2n) is 4.19. The molecule has 1 rings (SSSR count). The number of hydrogen-bond donors (Lipinski definition) is 3. The van der Waals surface area contributed by atoms with Gasteiger partial charge >= 0.3 is 12.1 Å². The van der Waals surface area contributed by atoms with Crippen molar-refractivity contribution < 1.29 is 32.6 Å². The number of halogens is 3. The topological polar surface area (TPSA) is 87.7 Å². The molecule has 0 bridgehead atoms. The van der Waals surface area contributed by atoms with Crippen LogP contribution in [0.3, 0.4) is 0 Å². The van der Waals surface area contributed by atoms with Crippen LogP contribution >= 0.6 is 0 Å². The number of nitrogens with one attached hydrogen (secondary N) is 2. The Bertz CT molecular complexity index is 335. The van der Waals surface area contributed by atoms with Gasteiger partial charge in [-0.05, 0) is 12.8 Å². The van der Waals surface area contributed by atoms with E-state index in [1.807, 2.05) is 5.32 Å². The van der Waals surface area contributed by atoms with Gasteiger partial charge in [-0.15, -0.1) is 0 Å². The van der Waals surface area contributed by atoms with Gasteiger partial charge in [0.05, 0.1) is 19.2 Å². The first-order chi connectivity index (χ1) is 8.78. The minimum atomic E-state index is -4.36. The molecule has 1 fully saturated rings. The molecule has 0 spiro atoms. The number of carboxylic acids is 1. The normalized spacial score (nSPS) is 23.3. The molecule has 19 heavy (non-hydrogen) atoms. The van der Waals surface area contributed by atoms with Crippen molar-refractivity contribution in [2.24, 2.45) is 0 Å². The van der Waals surface area contributed by atoms with Crippen molar-refractivity contribution in [3.05, 3.63) is 0 Å². The van der Waals surface area contributed by atoms with E-state index in [0.717, 1.165) is 0 Å². The summed E-state index contributed by atoms with van der Waals surface area (Å²) in [6, 6.07) is 0. The van der Waals surface area contributed by atoms with Gasteiger partial charge in [-0.2, -0.15) is 13.2 Å². The van der Waals surface area contributed by atoms with E-state index in [-0.39, 0.29) is 6.54 Å². The van der Waals surface area contributed by atoms with E-state index >= 15 is 0 Å². The lowest BCUT2D eigenvalue weighted by Gasteiger charge is -2.13. The van der Waals surface area contributed by atoms with Gasteiger partial charge in [0.1, 0.15) is 0 Å². The minimum absolute atomic E-state index is 0.0936. The number of hydrogen-bond acceptors (Lipinski definition) is 4. The van der Waals surface area contributed by atoms with E-state index in [4.69, 9.17) is 9.84 Å². The smallest absolute Gasteiger partial charge is 0.401 e. The van der Waals surface area contributed by atoms with Crippen LogP contribution in [0.5, 0.6) is 0 Å². The summed E-state index contributed by atoms with van der Waals surface area (Å²) in [5, 5.41) is 13.0. The third-order valence-electron chi connectivity index (χ3n) is 2.52. The summed E-state index contributed by atoms with van der Waals surface area (Å²) in [5.41, 5.74) is 0. The molecule has 0 aromatic carbocycles. The molecule has 1 aliphatic heterocycles. The highest BCUT2D eigenvalue weighted by molar-refractivity contribution is 5.78. The van der Waals surface area contributed by atoms with Crippen LogP contribution in [0.2, 0.25) is 0 Å². The molecule has 110 valence electrons. The van der Waals surface area contributed by atoms with Gasteiger partial charge in [0.25, 0.3) is 0 Å². The summed E-state index contributed by atoms with van der Waals surface area (Å²) in [4.78, 5) is 21.8. The molecule has 1 heterocycles. The summed E-state index contributed by atoms with van der Waals surface area (Å²) in [7, 11) is 0. The highest BCUT2D eigenvalue weighted by Gasteiger charge is 2.30. The maximum Gasteiger partial charge on any atom is 0.401 e. The molecule has 1 saturated heterocycles. The Morgan fingerprint density at radius 3 is 2.53 bits per heavy atom. The molecule has 0 aliphatic carbocycles. The Hall–Kier alpha value is -1.35. The first kappa shape index (κ1) is 15.7. The monoisotopic (exact) mass is 284 g/mol. The van der Waals surface area contributed by atoms with Gasteiger partial charge in [-0.1, -0.05) is 0 Å². The second-order valence-corrected chi connectivity index (χ2v) is 4.19. The molecule has 0 aromatic rings. The Morgan fingerprint density at radius 2 is 2.00 bits per heavy atom. The largest absolute Gasteiger partial charge is 0.479 e. The van der Waals surface area contributed by atoms with Gasteiger partial charge in [0.15, 0.2) is 6.10 Å². The minimum Gasteiger partial charge on any atom is -0.479 e. The Kier molecular flexibility index (Phi) is 5.55. The summed E-state index contributed by atoms with van der Waals surface area (Å²) in [6.45, 7) is -1.59. The molecule has 6 nitrogen and oxygen atoms in total. The van der Waals surface area contributed by atoms with Crippen molar-refractivity contribution >= 4 is 11.9 Å². The number of carbonyl (C=O) groups excluding carboxylic acids is 1. The van der Waals surface area contributed by atoms with Gasteiger partial charge in [-0.3, -0.25) is 4.79 Å². The molecule has 0 aromatic heterocycles. The van der Waals surface area contributed by atoms with E-state index in [1.165, 1.54) is 0 Å². The number of rotatable bonds is 6.